The van der Waals surface area contributed by atoms with Gasteiger partial charge in [-0.05, 0) is 30.2 Å². The maximum Gasteiger partial charge on any atom is 0.230 e. The molecule has 0 spiro atoms. The molecule has 1 N–H and O–H groups in total. The molecule has 0 aliphatic heterocycles. The Morgan fingerprint density at radius 3 is 2.76 bits per heavy atom. The molecule has 128 valence electrons. The van der Waals surface area contributed by atoms with Gasteiger partial charge in [0, 0.05) is 11.6 Å². The van der Waals surface area contributed by atoms with Crippen molar-refractivity contribution in [3.8, 4) is 5.69 Å². The van der Waals surface area contributed by atoms with Crippen LogP contribution >= 0.6 is 23.4 Å². The van der Waals surface area contributed by atoms with Crippen molar-refractivity contribution in [1.29, 1.82) is 0 Å². The van der Waals surface area contributed by atoms with E-state index >= 15 is 0 Å². The Bertz CT molecular complexity index is 881. The molecule has 0 saturated carbocycles. The number of hydrogen-bond acceptors (Lipinski definition) is 4. The van der Waals surface area contributed by atoms with Gasteiger partial charge in [-0.3, -0.25) is 9.36 Å². The summed E-state index contributed by atoms with van der Waals surface area (Å²) in [6.07, 6.45) is 1.66. The summed E-state index contributed by atoms with van der Waals surface area (Å²) in [5, 5.41) is 12.3. The van der Waals surface area contributed by atoms with Crippen molar-refractivity contribution in [3.05, 3.63) is 71.0 Å². The number of carbonyl (C=O) groups excluding carboxylic acids is 1. The van der Waals surface area contributed by atoms with E-state index < -0.39 is 0 Å². The average Bonchev–Trinajstić information content (AvgIpc) is 3.08. The molecule has 2 aromatic carbocycles. The number of rotatable bonds is 6. The summed E-state index contributed by atoms with van der Waals surface area (Å²) in [6, 6.07) is 15.4. The molecule has 0 fully saturated rings. The average molecular weight is 373 g/mol. The molecule has 0 saturated heterocycles. The van der Waals surface area contributed by atoms with Crippen molar-refractivity contribution in [2.24, 2.45) is 0 Å². The number of thioether (sulfide) groups is 1. The SMILES string of the molecule is Cc1ccccc1-n1cnnc1SCC(=O)NCc1ccccc1Cl. The van der Waals surface area contributed by atoms with E-state index in [4.69, 9.17) is 11.6 Å². The lowest BCUT2D eigenvalue weighted by atomic mass is 10.2. The number of benzene rings is 2. The van der Waals surface area contributed by atoms with Crippen LogP contribution in [0.5, 0.6) is 0 Å². The second-order valence-electron chi connectivity index (χ2n) is 5.43. The Hall–Kier alpha value is -2.31. The summed E-state index contributed by atoms with van der Waals surface area (Å²) >= 11 is 7.44. The number of amides is 1. The summed E-state index contributed by atoms with van der Waals surface area (Å²) in [6.45, 7) is 2.43. The first-order chi connectivity index (χ1) is 12.1. The molecular formula is C18H17ClN4OS. The van der Waals surface area contributed by atoms with E-state index in [1.807, 2.05) is 60.0 Å². The van der Waals surface area contributed by atoms with Crippen molar-refractivity contribution in [3.63, 3.8) is 0 Å². The van der Waals surface area contributed by atoms with Crippen LogP contribution in [0.1, 0.15) is 11.1 Å². The molecule has 7 heteroatoms. The molecule has 0 aliphatic carbocycles. The van der Waals surface area contributed by atoms with Gasteiger partial charge >= 0.3 is 0 Å². The molecule has 0 radical (unpaired) electrons. The van der Waals surface area contributed by atoms with Gasteiger partial charge < -0.3 is 5.32 Å². The molecule has 1 heterocycles. The minimum absolute atomic E-state index is 0.0794. The van der Waals surface area contributed by atoms with Crippen LogP contribution in [0.3, 0.4) is 0 Å². The quantitative estimate of drug-likeness (QED) is 0.671. The lowest BCUT2D eigenvalue weighted by Gasteiger charge is -2.09. The Balaban J connectivity index is 1.59. The second kappa shape index (κ2) is 8.18. The lowest BCUT2D eigenvalue weighted by Crippen LogP contribution is -2.24. The van der Waals surface area contributed by atoms with Crippen molar-refractivity contribution < 1.29 is 4.79 Å². The van der Waals surface area contributed by atoms with Gasteiger partial charge in [-0.1, -0.05) is 59.8 Å². The molecule has 3 rings (SSSR count). The maximum atomic E-state index is 12.1. The summed E-state index contributed by atoms with van der Waals surface area (Å²) < 4.78 is 1.89. The van der Waals surface area contributed by atoms with E-state index in [0.29, 0.717) is 16.7 Å². The summed E-state index contributed by atoms with van der Waals surface area (Å²) in [4.78, 5) is 12.1. The highest BCUT2D eigenvalue weighted by Crippen LogP contribution is 2.21. The van der Waals surface area contributed by atoms with Gasteiger partial charge in [0.15, 0.2) is 5.16 Å². The zero-order valence-electron chi connectivity index (χ0n) is 13.6. The maximum absolute atomic E-state index is 12.1. The molecule has 1 amide bonds. The van der Waals surface area contributed by atoms with Crippen LogP contribution in [0.15, 0.2) is 60.0 Å². The van der Waals surface area contributed by atoms with E-state index in [1.165, 1.54) is 11.8 Å². The first-order valence-corrected chi connectivity index (χ1v) is 9.10. The fourth-order valence-electron chi connectivity index (χ4n) is 2.34. The van der Waals surface area contributed by atoms with Gasteiger partial charge in [0.1, 0.15) is 6.33 Å². The fourth-order valence-corrected chi connectivity index (χ4v) is 3.29. The van der Waals surface area contributed by atoms with E-state index in [1.54, 1.807) is 6.33 Å². The lowest BCUT2D eigenvalue weighted by molar-refractivity contribution is -0.118. The third-order valence-electron chi connectivity index (χ3n) is 3.66. The molecule has 0 atom stereocenters. The van der Waals surface area contributed by atoms with Crippen molar-refractivity contribution >= 4 is 29.3 Å². The summed E-state index contributed by atoms with van der Waals surface area (Å²) in [7, 11) is 0. The Morgan fingerprint density at radius 1 is 1.20 bits per heavy atom. The Morgan fingerprint density at radius 2 is 1.96 bits per heavy atom. The minimum Gasteiger partial charge on any atom is -0.351 e. The monoisotopic (exact) mass is 372 g/mol. The topological polar surface area (TPSA) is 59.8 Å². The van der Waals surface area contributed by atoms with Crippen LogP contribution in [0.4, 0.5) is 0 Å². The molecule has 1 aromatic heterocycles. The van der Waals surface area contributed by atoms with Crippen LogP contribution in [0.2, 0.25) is 5.02 Å². The minimum atomic E-state index is -0.0794. The molecule has 5 nitrogen and oxygen atoms in total. The number of hydrogen-bond donors (Lipinski definition) is 1. The fraction of sp³-hybridized carbons (Fsp3) is 0.167. The van der Waals surface area contributed by atoms with E-state index in [9.17, 15) is 4.79 Å². The van der Waals surface area contributed by atoms with E-state index in [0.717, 1.165) is 16.8 Å². The molecule has 25 heavy (non-hydrogen) atoms. The van der Waals surface area contributed by atoms with Gasteiger partial charge in [-0.25, -0.2) is 0 Å². The first-order valence-electron chi connectivity index (χ1n) is 7.74. The predicted octanol–water partition coefficient (Wildman–Crippen LogP) is 3.64. The summed E-state index contributed by atoms with van der Waals surface area (Å²) in [5.41, 5.74) is 3.02. The van der Waals surface area contributed by atoms with E-state index in [-0.39, 0.29) is 11.7 Å². The number of aromatic nitrogens is 3. The highest BCUT2D eigenvalue weighted by Gasteiger charge is 2.11. The van der Waals surface area contributed by atoms with Gasteiger partial charge in [0.25, 0.3) is 0 Å². The van der Waals surface area contributed by atoms with Gasteiger partial charge in [0.2, 0.25) is 5.91 Å². The van der Waals surface area contributed by atoms with Crippen molar-refractivity contribution in [2.75, 3.05) is 5.75 Å². The highest BCUT2D eigenvalue weighted by atomic mass is 35.5. The predicted molar refractivity (Wildman–Crippen MR) is 100 cm³/mol. The van der Waals surface area contributed by atoms with Crippen molar-refractivity contribution in [1.82, 2.24) is 20.1 Å². The second-order valence-corrected chi connectivity index (χ2v) is 6.78. The molecule has 0 aliphatic rings. The Kier molecular flexibility index (Phi) is 5.73. The third kappa shape index (κ3) is 4.41. The Labute approximate surface area is 155 Å². The van der Waals surface area contributed by atoms with E-state index in [2.05, 4.69) is 15.5 Å². The van der Waals surface area contributed by atoms with Gasteiger partial charge in [0.05, 0.1) is 11.4 Å². The number of halogens is 1. The number of carbonyl (C=O) groups is 1. The zero-order chi connectivity index (χ0) is 17.6. The van der Waals surface area contributed by atoms with Crippen LogP contribution in [0, 0.1) is 6.92 Å². The number of aryl methyl sites for hydroxylation is 1. The zero-order valence-corrected chi connectivity index (χ0v) is 15.2. The van der Waals surface area contributed by atoms with Crippen LogP contribution < -0.4 is 5.32 Å². The molecule has 0 bridgehead atoms. The summed E-state index contributed by atoms with van der Waals surface area (Å²) in [5.74, 6) is 0.180. The number of nitrogens with one attached hydrogen (secondary N) is 1. The van der Waals surface area contributed by atoms with Gasteiger partial charge in [-0.2, -0.15) is 0 Å². The van der Waals surface area contributed by atoms with Crippen LogP contribution in [-0.2, 0) is 11.3 Å². The molecule has 0 unspecified atom stereocenters. The van der Waals surface area contributed by atoms with Crippen molar-refractivity contribution in [2.45, 2.75) is 18.6 Å². The standard InChI is InChI=1S/C18H17ClN4OS/c1-13-6-2-5-9-16(13)23-12-21-22-18(23)25-11-17(24)20-10-14-7-3-4-8-15(14)19/h2-9,12H,10-11H2,1H3,(H,20,24). The highest BCUT2D eigenvalue weighted by molar-refractivity contribution is 7.99. The molecular weight excluding hydrogens is 356 g/mol. The smallest absolute Gasteiger partial charge is 0.230 e. The van der Waals surface area contributed by atoms with Crippen LogP contribution in [-0.4, -0.2) is 26.4 Å². The molecule has 3 aromatic rings. The van der Waals surface area contributed by atoms with Crippen LogP contribution in [0.25, 0.3) is 5.69 Å². The first kappa shape index (κ1) is 17.5. The number of nitrogens with zero attached hydrogens (tertiary/aromatic N) is 3. The third-order valence-corrected chi connectivity index (χ3v) is 4.97. The van der Waals surface area contributed by atoms with Gasteiger partial charge in [-0.15, -0.1) is 10.2 Å². The number of para-hydroxylation sites is 1. The largest absolute Gasteiger partial charge is 0.351 e. The normalized spacial score (nSPS) is 10.6.